The fourth-order valence-electron chi connectivity index (χ4n) is 3.43. The molecule has 1 fully saturated rings. The molecule has 0 radical (unpaired) electrons. The number of aryl methyl sites for hydroxylation is 3. The number of aromatic nitrogens is 6. The molecule has 23 heavy (non-hydrogen) atoms. The van der Waals surface area contributed by atoms with Crippen molar-refractivity contribution in [1.82, 2.24) is 29.5 Å². The molecule has 3 aromatic heterocycles. The average molecular weight is 311 g/mol. The number of hydrogen-bond donors (Lipinski definition) is 0. The third-order valence-corrected chi connectivity index (χ3v) is 4.67. The minimum Gasteiger partial charge on any atom is -0.356 e. The van der Waals surface area contributed by atoms with Gasteiger partial charge in [-0.2, -0.15) is 10.2 Å². The van der Waals surface area contributed by atoms with E-state index < -0.39 is 0 Å². The van der Waals surface area contributed by atoms with Gasteiger partial charge in [-0.15, -0.1) is 0 Å². The van der Waals surface area contributed by atoms with Crippen molar-refractivity contribution in [1.29, 1.82) is 0 Å². The summed E-state index contributed by atoms with van der Waals surface area (Å²) in [5, 5.41) is 9.67. The molecule has 0 N–H and O–H groups in total. The topological polar surface area (TPSA) is 64.7 Å². The maximum absolute atomic E-state index is 4.69. The van der Waals surface area contributed by atoms with Crippen molar-refractivity contribution in [3.05, 3.63) is 30.0 Å². The van der Waals surface area contributed by atoms with Crippen LogP contribution < -0.4 is 4.90 Å². The highest BCUT2D eigenvalue weighted by Crippen LogP contribution is 2.32. The van der Waals surface area contributed by atoms with Crippen LogP contribution in [0.15, 0.2) is 18.6 Å². The van der Waals surface area contributed by atoms with Gasteiger partial charge in [0.05, 0.1) is 17.8 Å². The summed E-state index contributed by atoms with van der Waals surface area (Å²) in [6, 6.07) is 0. The standard InChI is InChI=1S/C16H21N7/c1-11-19-15-14(9-18-22(15)3)16(20-11)23-6-4-12(5-7-23)13-8-17-21(2)10-13/h8-10,12H,4-7H2,1-3H3. The summed E-state index contributed by atoms with van der Waals surface area (Å²) in [4.78, 5) is 11.6. The van der Waals surface area contributed by atoms with E-state index in [-0.39, 0.29) is 0 Å². The monoisotopic (exact) mass is 311 g/mol. The molecule has 7 heteroatoms. The maximum Gasteiger partial charge on any atom is 0.163 e. The van der Waals surface area contributed by atoms with Gasteiger partial charge in [0.2, 0.25) is 0 Å². The Morgan fingerprint density at radius 1 is 1.04 bits per heavy atom. The molecule has 3 aromatic rings. The van der Waals surface area contributed by atoms with Crippen molar-refractivity contribution in [2.75, 3.05) is 18.0 Å². The Balaban J connectivity index is 1.59. The van der Waals surface area contributed by atoms with E-state index in [1.165, 1.54) is 5.56 Å². The molecule has 4 heterocycles. The summed E-state index contributed by atoms with van der Waals surface area (Å²) in [7, 11) is 3.90. The molecule has 1 aliphatic heterocycles. The van der Waals surface area contributed by atoms with Gasteiger partial charge in [-0.05, 0) is 31.2 Å². The minimum absolute atomic E-state index is 0.590. The SMILES string of the molecule is Cc1nc(N2CCC(c3cnn(C)c3)CC2)c2cnn(C)c2n1. The molecule has 4 rings (SSSR count). The Kier molecular flexibility index (Phi) is 3.28. The second-order valence-electron chi connectivity index (χ2n) is 6.31. The van der Waals surface area contributed by atoms with Gasteiger partial charge in [-0.3, -0.25) is 9.36 Å². The van der Waals surface area contributed by atoms with Gasteiger partial charge >= 0.3 is 0 Å². The zero-order valence-electron chi connectivity index (χ0n) is 13.8. The Labute approximate surface area is 134 Å². The first-order valence-electron chi connectivity index (χ1n) is 8.01. The zero-order chi connectivity index (χ0) is 16.0. The van der Waals surface area contributed by atoms with Crippen molar-refractivity contribution in [3.63, 3.8) is 0 Å². The lowest BCUT2D eigenvalue weighted by Crippen LogP contribution is -2.33. The molecule has 0 bridgehead atoms. The number of rotatable bonds is 2. The van der Waals surface area contributed by atoms with Gasteiger partial charge in [0.15, 0.2) is 5.65 Å². The molecule has 7 nitrogen and oxygen atoms in total. The molecule has 0 saturated carbocycles. The summed E-state index contributed by atoms with van der Waals surface area (Å²) < 4.78 is 3.70. The molecule has 0 spiro atoms. The molecule has 120 valence electrons. The fourth-order valence-corrected chi connectivity index (χ4v) is 3.43. The van der Waals surface area contributed by atoms with E-state index in [0.717, 1.165) is 48.6 Å². The summed E-state index contributed by atoms with van der Waals surface area (Å²) >= 11 is 0. The van der Waals surface area contributed by atoms with Gasteiger partial charge in [0.1, 0.15) is 11.6 Å². The lowest BCUT2D eigenvalue weighted by atomic mass is 9.91. The summed E-state index contributed by atoms with van der Waals surface area (Å²) in [5.74, 6) is 2.41. The van der Waals surface area contributed by atoms with Crippen molar-refractivity contribution in [2.24, 2.45) is 14.1 Å². The first kappa shape index (κ1) is 14.2. The highest BCUT2D eigenvalue weighted by molar-refractivity contribution is 5.87. The minimum atomic E-state index is 0.590. The van der Waals surface area contributed by atoms with E-state index in [2.05, 4.69) is 31.3 Å². The lowest BCUT2D eigenvalue weighted by Gasteiger charge is -2.32. The molecule has 1 aliphatic rings. The van der Waals surface area contributed by atoms with E-state index in [0.29, 0.717) is 5.92 Å². The summed E-state index contributed by atoms with van der Waals surface area (Å²) in [5.41, 5.74) is 2.25. The van der Waals surface area contributed by atoms with E-state index >= 15 is 0 Å². The van der Waals surface area contributed by atoms with Crippen LogP contribution in [0.5, 0.6) is 0 Å². The van der Waals surface area contributed by atoms with E-state index in [1.54, 1.807) is 0 Å². The number of piperidine rings is 1. The Hall–Kier alpha value is -2.44. The highest BCUT2D eigenvalue weighted by atomic mass is 15.3. The summed E-state index contributed by atoms with van der Waals surface area (Å²) in [6.07, 6.45) is 8.24. The maximum atomic E-state index is 4.69. The van der Waals surface area contributed by atoms with Crippen LogP contribution in [0.1, 0.15) is 30.1 Å². The molecular weight excluding hydrogens is 290 g/mol. The largest absolute Gasteiger partial charge is 0.356 e. The molecule has 0 amide bonds. The molecule has 0 aromatic carbocycles. The van der Waals surface area contributed by atoms with Gasteiger partial charge in [-0.25, -0.2) is 9.97 Å². The van der Waals surface area contributed by atoms with Gasteiger partial charge in [0.25, 0.3) is 0 Å². The van der Waals surface area contributed by atoms with Crippen molar-refractivity contribution >= 4 is 16.9 Å². The summed E-state index contributed by atoms with van der Waals surface area (Å²) in [6.45, 7) is 3.94. The fraction of sp³-hybridized carbons (Fsp3) is 0.500. The van der Waals surface area contributed by atoms with Crippen LogP contribution in [0, 0.1) is 6.92 Å². The number of nitrogens with zero attached hydrogens (tertiary/aromatic N) is 7. The number of anilines is 1. The van der Waals surface area contributed by atoms with Crippen LogP contribution in [-0.4, -0.2) is 42.6 Å². The van der Waals surface area contributed by atoms with Crippen LogP contribution in [0.3, 0.4) is 0 Å². The smallest absolute Gasteiger partial charge is 0.163 e. The molecule has 0 aliphatic carbocycles. The number of fused-ring (bicyclic) bond motifs is 1. The second-order valence-corrected chi connectivity index (χ2v) is 6.31. The molecule has 1 saturated heterocycles. The van der Waals surface area contributed by atoms with Crippen LogP contribution in [0.2, 0.25) is 0 Å². The first-order chi connectivity index (χ1) is 11.1. The Morgan fingerprint density at radius 3 is 2.52 bits per heavy atom. The van der Waals surface area contributed by atoms with Gasteiger partial charge in [-0.1, -0.05) is 0 Å². The average Bonchev–Trinajstić information content (AvgIpc) is 3.14. The third-order valence-electron chi connectivity index (χ3n) is 4.67. The zero-order valence-corrected chi connectivity index (χ0v) is 13.8. The van der Waals surface area contributed by atoms with Gasteiger partial charge < -0.3 is 4.90 Å². The van der Waals surface area contributed by atoms with Crippen LogP contribution in [0.4, 0.5) is 5.82 Å². The third kappa shape index (κ3) is 2.46. The Bertz CT molecular complexity index is 839. The van der Waals surface area contributed by atoms with Gasteiger partial charge in [0, 0.05) is 33.4 Å². The van der Waals surface area contributed by atoms with Crippen molar-refractivity contribution < 1.29 is 0 Å². The van der Waals surface area contributed by atoms with Crippen LogP contribution in [-0.2, 0) is 14.1 Å². The first-order valence-corrected chi connectivity index (χ1v) is 8.01. The second kappa shape index (κ2) is 5.33. The quantitative estimate of drug-likeness (QED) is 0.722. The molecule has 0 atom stereocenters. The van der Waals surface area contributed by atoms with Crippen molar-refractivity contribution in [2.45, 2.75) is 25.7 Å². The van der Waals surface area contributed by atoms with Crippen molar-refractivity contribution in [3.8, 4) is 0 Å². The van der Waals surface area contributed by atoms with Crippen LogP contribution in [0.25, 0.3) is 11.0 Å². The lowest BCUT2D eigenvalue weighted by molar-refractivity contribution is 0.503. The number of hydrogen-bond acceptors (Lipinski definition) is 5. The predicted molar refractivity (Wildman–Crippen MR) is 88.4 cm³/mol. The highest BCUT2D eigenvalue weighted by Gasteiger charge is 2.24. The molecule has 0 unspecified atom stereocenters. The van der Waals surface area contributed by atoms with Crippen LogP contribution >= 0.6 is 0 Å². The molecular formula is C16H21N7. The van der Waals surface area contributed by atoms with E-state index in [4.69, 9.17) is 0 Å². The normalized spacial score (nSPS) is 16.4. The Morgan fingerprint density at radius 2 is 1.83 bits per heavy atom. The predicted octanol–water partition coefficient (Wildman–Crippen LogP) is 1.79. The van der Waals surface area contributed by atoms with E-state index in [1.807, 2.05) is 42.8 Å². The van der Waals surface area contributed by atoms with E-state index in [9.17, 15) is 0 Å².